The third kappa shape index (κ3) is 10.5. The summed E-state index contributed by atoms with van der Waals surface area (Å²) in [5, 5.41) is 0. The predicted octanol–water partition coefficient (Wildman–Crippen LogP) is 2.49. The monoisotopic (exact) mass is 326 g/mol. The first-order chi connectivity index (χ1) is 9.51. The molecule has 0 amide bonds. The highest BCUT2D eigenvalue weighted by Gasteiger charge is 2.27. The van der Waals surface area contributed by atoms with Crippen LogP contribution in [0.25, 0.3) is 0 Å². The van der Waals surface area contributed by atoms with E-state index in [9.17, 15) is 13.2 Å². The third-order valence-electron chi connectivity index (χ3n) is 2.82. The Morgan fingerprint density at radius 3 is 2.29 bits per heavy atom. The number of rotatable bonds is 9. The zero-order valence-corrected chi connectivity index (χ0v) is 12.6. The van der Waals surface area contributed by atoms with Crippen molar-refractivity contribution in [2.75, 3.05) is 39.4 Å². The first-order valence-corrected chi connectivity index (χ1v) is 6.62. The molecule has 0 aliphatic rings. The SMILES string of the molecule is Cl.NCCN(CCOCC(F)(F)F)CCc1ccccc1. The number of hydrogen-bond donors (Lipinski definition) is 1. The van der Waals surface area contributed by atoms with Crippen molar-refractivity contribution < 1.29 is 17.9 Å². The molecule has 1 aromatic carbocycles. The van der Waals surface area contributed by atoms with Crippen LogP contribution in [0.3, 0.4) is 0 Å². The second-order valence-electron chi connectivity index (χ2n) is 4.53. The molecular weight excluding hydrogens is 305 g/mol. The van der Waals surface area contributed by atoms with E-state index in [0.717, 1.165) is 13.0 Å². The van der Waals surface area contributed by atoms with Crippen molar-refractivity contribution in [2.24, 2.45) is 5.73 Å². The first-order valence-electron chi connectivity index (χ1n) is 6.62. The van der Waals surface area contributed by atoms with E-state index in [0.29, 0.717) is 19.6 Å². The summed E-state index contributed by atoms with van der Waals surface area (Å²) >= 11 is 0. The van der Waals surface area contributed by atoms with E-state index in [-0.39, 0.29) is 19.0 Å². The summed E-state index contributed by atoms with van der Waals surface area (Å²) in [6.45, 7) is 1.23. The molecule has 21 heavy (non-hydrogen) atoms. The molecule has 0 spiro atoms. The van der Waals surface area contributed by atoms with Crippen molar-refractivity contribution >= 4 is 12.4 Å². The summed E-state index contributed by atoms with van der Waals surface area (Å²) < 4.78 is 40.4. The van der Waals surface area contributed by atoms with E-state index in [2.05, 4.69) is 4.74 Å². The topological polar surface area (TPSA) is 38.5 Å². The lowest BCUT2D eigenvalue weighted by Gasteiger charge is -2.21. The molecular formula is C14H22ClF3N2O. The number of hydrogen-bond acceptors (Lipinski definition) is 3. The number of benzene rings is 1. The molecule has 7 heteroatoms. The van der Waals surface area contributed by atoms with Crippen LogP contribution in [-0.4, -0.2) is 50.5 Å². The molecule has 0 unspecified atom stereocenters. The Bertz CT molecular complexity index is 363. The maximum absolute atomic E-state index is 11.9. The van der Waals surface area contributed by atoms with E-state index in [1.165, 1.54) is 5.56 Å². The van der Waals surface area contributed by atoms with Gasteiger partial charge in [0, 0.05) is 26.2 Å². The van der Waals surface area contributed by atoms with Crippen molar-refractivity contribution in [2.45, 2.75) is 12.6 Å². The molecule has 2 N–H and O–H groups in total. The van der Waals surface area contributed by atoms with Crippen LogP contribution in [0, 0.1) is 0 Å². The number of nitrogens with two attached hydrogens (primary N) is 1. The van der Waals surface area contributed by atoms with Crippen LogP contribution in [0.5, 0.6) is 0 Å². The van der Waals surface area contributed by atoms with Gasteiger partial charge in [0.25, 0.3) is 0 Å². The van der Waals surface area contributed by atoms with Gasteiger partial charge in [-0.2, -0.15) is 13.2 Å². The van der Waals surface area contributed by atoms with Crippen LogP contribution in [-0.2, 0) is 11.2 Å². The molecule has 122 valence electrons. The minimum Gasteiger partial charge on any atom is -0.371 e. The van der Waals surface area contributed by atoms with Gasteiger partial charge in [-0.05, 0) is 12.0 Å². The van der Waals surface area contributed by atoms with Gasteiger partial charge in [-0.15, -0.1) is 12.4 Å². The van der Waals surface area contributed by atoms with Crippen molar-refractivity contribution in [3.05, 3.63) is 35.9 Å². The van der Waals surface area contributed by atoms with Crippen molar-refractivity contribution in [1.29, 1.82) is 0 Å². The molecule has 0 bridgehead atoms. The minimum atomic E-state index is -4.26. The van der Waals surface area contributed by atoms with Crippen LogP contribution < -0.4 is 5.73 Å². The smallest absolute Gasteiger partial charge is 0.371 e. The van der Waals surface area contributed by atoms with Crippen molar-refractivity contribution in [1.82, 2.24) is 4.90 Å². The molecule has 0 aromatic heterocycles. The van der Waals surface area contributed by atoms with E-state index in [4.69, 9.17) is 5.73 Å². The molecule has 0 atom stereocenters. The Hall–Kier alpha value is -0.820. The second kappa shape index (κ2) is 10.8. The van der Waals surface area contributed by atoms with Gasteiger partial charge in [-0.25, -0.2) is 0 Å². The Labute approximate surface area is 129 Å². The quantitative estimate of drug-likeness (QED) is 0.709. The highest BCUT2D eigenvalue weighted by Crippen LogP contribution is 2.14. The lowest BCUT2D eigenvalue weighted by atomic mass is 10.1. The van der Waals surface area contributed by atoms with Gasteiger partial charge in [0.1, 0.15) is 6.61 Å². The van der Waals surface area contributed by atoms with Gasteiger partial charge in [0.15, 0.2) is 0 Å². The summed E-state index contributed by atoms with van der Waals surface area (Å²) in [6.07, 6.45) is -3.41. The lowest BCUT2D eigenvalue weighted by Crippen LogP contribution is -2.34. The number of halogens is 4. The summed E-state index contributed by atoms with van der Waals surface area (Å²) in [6, 6.07) is 9.94. The minimum absolute atomic E-state index is 0. The molecule has 0 aliphatic heterocycles. The Kier molecular flexibility index (Phi) is 10.4. The summed E-state index contributed by atoms with van der Waals surface area (Å²) in [4.78, 5) is 2.02. The Morgan fingerprint density at radius 2 is 1.71 bits per heavy atom. The predicted molar refractivity (Wildman–Crippen MR) is 79.8 cm³/mol. The van der Waals surface area contributed by atoms with E-state index < -0.39 is 12.8 Å². The molecule has 1 aromatic rings. The van der Waals surface area contributed by atoms with Gasteiger partial charge < -0.3 is 10.5 Å². The maximum Gasteiger partial charge on any atom is 0.411 e. The largest absolute Gasteiger partial charge is 0.411 e. The molecule has 0 saturated carbocycles. The molecule has 0 fully saturated rings. The third-order valence-corrected chi connectivity index (χ3v) is 2.82. The zero-order valence-electron chi connectivity index (χ0n) is 11.8. The number of ether oxygens (including phenoxy) is 1. The highest BCUT2D eigenvalue weighted by atomic mass is 35.5. The molecule has 3 nitrogen and oxygen atoms in total. The van der Waals surface area contributed by atoms with Gasteiger partial charge >= 0.3 is 6.18 Å². The fourth-order valence-corrected chi connectivity index (χ4v) is 1.83. The zero-order chi connectivity index (χ0) is 14.8. The average Bonchev–Trinajstić information content (AvgIpc) is 2.41. The van der Waals surface area contributed by atoms with Gasteiger partial charge in [-0.1, -0.05) is 30.3 Å². The van der Waals surface area contributed by atoms with Crippen LogP contribution in [0.4, 0.5) is 13.2 Å². The molecule has 0 saturated heterocycles. The average molecular weight is 327 g/mol. The summed E-state index contributed by atoms with van der Waals surface area (Å²) in [7, 11) is 0. The molecule has 0 radical (unpaired) electrons. The molecule has 0 heterocycles. The van der Waals surface area contributed by atoms with Gasteiger partial charge in [-0.3, -0.25) is 4.90 Å². The molecule has 1 rings (SSSR count). The van der Waals surface area contributed by atoms with Gasteiger partial charge in [0.2, 0.25) is 0 Å². The van der Waals surface area contributed by atoms with E-state index in [1.54, 1.807) is 0 Å². The lowest BCUT2D eigenvalue weighted by molar-refractivity contribution is -0.174. The van der Waals surface area contributed by atoms with Crippen LogP contribution in [0.15, 0.2) is 30.3 Å². The highest BCUT2D eigenvalue weighted by molar-refractivity contribution is 5.85. The van der Waals surface area contributed by atoms with Crippen LogP contribution in [0.1, 0.15) is 5.56 Å². The Morgan fingerprint density at radius 1 is 1.05 bits per heavy atom. The fraction of sp³-hybridized carbons (Fsp3) is 0.571. The number of nitrogens with zero attached hydrogens (tertiary/aromatic N) is 1. The fourth-order valence-electron chi connectivity index (χ4n) is 1.83. The maximum atomic E-state index is 11.9. The summed E-state index contributed by atoms with van der Waals surface area (Å²) in [5.41, 5.74) is 6.71. The number of alkyl halides is 3. The molecule has 0 aliphatic carbocycles. The van der Waals surface area contributed by atoms with Crippen LogP contribution in [0.2, 0.25) is 0 Å². The second-order valence-corrected chi connectivity index (χ2v) is 4.53. The van der Waals surface area contributed by atoms with E-state index in [1.807, 2.05) is 35.2 Å². The van der Waals surface area contributed by atoms with Crippen LogP contribution >= 0.6 is 12.4 Å². The van der Waals surface area contributed by atoms with Crippen molar-refractivity contribution in [3.8, 4) is 0 Å². The summed E-state index contributed by atoms with van der Waals surface area (Å²) in [5.74, 6) is 0. The normalized spacial score (nSPS) is 11.5. The van der Waals surface area contributed by atoms with Crippen molar-refractivity contribution in [3.63, 3.8) is 0 Å². The first kappa shape index (κ1) is 20.2. The van der Waals surface area contributed by atoms with Gasteiger partial charge in [0.05, 0.1) is 6.61 Å². The standard InChI is InChI=1S/C14H21F3N2O.ClH/c15-14(16,17)12-20-11-10-19(9-7-18)8-6-13-4-2-1-3-5-13;/h1-5H,6-12,18H2;1H. The Balaban J connectivity index is 0.00000400. The van der Waals surface area contributed by atoms with E-state index >= 15 is 0 Å².